The molecule has 0 unspecified atom stereocenters. The van der Waals surface area contributed by atoms with Gasteiger partial charge in [-0.1, -0.05) is 15.9 Å². The van der Waals surface area contributed by atoms with Crippen molar-refractivity contribution in [3.8, 4) is 11.5 Å². The molecule has 5 heteroatoms. The molecule has 4 nitrogen and oxygen atoms in total. The Balaban J connectivity index is 2.80. The molecule has 0 aliphatic heterocycles. The number of halogens is 1. The van der Waals surface area contributed by atoms with Crippen LogP contribution in [0, 0.1) is 0 Å². The minimum Gasteiger partial charge on any atom is -0.493 e. The molecule has 0 spiro atoms. The van der Waals surface area contributed by atoms with Crippen molar-refractivity contribution >= 4 is 15.9 Å². The fourth-order valence-corrected chi connectivity index (χ4v) is 2.28. The molecule has 114 valence electrons. The highest BCUT2D eigenvalue weighted by molar-refractivity contribution is 9.10. The SMILES string of the molecule is COCCCNCc1c(Br)ccc(OC)c1OC(C)C. The van der Waals surface area contributed by atoms with E-state index in [9.17, 15) is 0 Å². The number of rotatable bonds is 9. The number of ether oxygens (including phenoxy) is 3. The second kappa shape index (κ2) is 9.21. The summed E-state index contributed by atoms with van der Waals surface area (Å²) in [5, 5.41) is 3.40. The van der Waals surface area contributed by atoms with Gasteiger partial charge in [-0.3, -0.25) is 0 Å². The predicted octanol–water partition coefficient (Wildman–Crippen LogP) is 3.37. The van der Waals surface area contributed by atoms with E-state index in [1.54, 1.807) is 14.2 Å². The van der Waals surface area contributed by atoms with Crippen LogP contribution in [0.15, 0.2) is 16.6 Å². The lowest BCUT2D eigenvalue weighted by atomic mass is 10.1. The summed E-state index contributed by atoms with van der Waals surface area (Å²) in [5.74, 6) is 1.56. The Kier molecular flexibility index (Phi) is 7.95. The van der Waals surface area contributed by atoms with Gasteiger partial charge < -0.3 is 19.5 Å². The van der Waals surface area contributed by atoms with Crippen molar-refractivity contribution in [2.45, 2.75) is 32.9 Å². The van der Waals surface area contributed by atoms with Crippen molar-refractivity contribution in [2.24, 2.45) is 0 Å². The summed E-state index contributed by atoms with van der Waals surface area (Å²) in [4.78, 5) is 0. The summed E-state index contributed by atoms with van der Waals surface area (Å²) in [6.45, 7) is 6.41. The monoisotopic (exact) mass is 345 g/mol. The van der Waals surface area contributed by atoms with Gasteiger partial charge >= 0.3 is 0 Å². The van der Waals surface area contributed by atoms with Crippen LogP contribution in [-0.2, 0) is 11.3 Å². The molecule has 0 radical (unpaired) electrons. The quantitative estimate of drug-likeness (QED) is 0.696. The number of hydrogen-bond acceptors (Lipinski definition) is 4. The summed E-state index contributed by atoms with van der Waals surface area (Å²) >= 11 is 3.58. The fraction of sp³-hybridized carbons (Fsp3) is 0.600. The van der Waals surface area contributed by atoms with Gasteiger partial charge in [0.05, 0.1) is 13.2 Å². The molecule has 0 aliphatic carbocycles. The van der Waals surface area contributed by atoms with Gasteiger partial charge in [-0.05, 0) is 38.9 Å². The van der Waals surface area contributed by atoms with Gasteiger partial charge in [0.2, 0.25) is 0 Å². The van der Waals surface area contributed by atoms with Gasteiger partial charge in [-0.25, -0.2) is 0 Å². The standard InChI is InChI=1S/C15H24BrNO3/c1-11(2)20-15-12(10-17-8-5-9-18-3)13(16)6-7-14(15)19-4/h6-7,11,17H,5,8-10H2,1-4H3. The van der Waals surface area contributed by atoms with Crippen LogP contribution < -0.4 is 14.8 Å². The second-order valence-corrected chi connectivity index (χ2v) is 5.60. The van der Waals surface area contributed by atoms with Crippen LogP contribution >= 0.6 is 15.9 Å². The van der Waals surface area contributed by atoms with E-state index < -0.39 is 0 Å². The first-order chi connectivity index (χ1) is 9.60. The van der Waals surface area contributed by atoms with Crippen molar-refractivity contribution in [2.75, 3.05) is 27.4 Å². The summed E-state index contributed by atoms with van der Waals surface area (Å²) in [6.07, 6.45) is 1.09. The van der Waals surface area contributed by atoms with Crippen LogP contribution in [0.4, 0.5) is 0 Å². The zero-order valence-electron chi connectivity index (χ0n) is 12.7. The second-order valence-electron chi connectivity index (χ2n) is 4.75. The maximum atomic E-state index is 5.91. The topological polar surface area (TPSA) is 39.7 Å². The van der Waals surface area contributed by atoms with Crippen LogP contribution in [0.2, 0.25) is 0 Å². The Morgan fingerprint density at radius 3 is 2.60 bits per heavy atom. The molecule has 1 rings (SSSR count). The van der Waals surface area contributed by atoms with E-state index in [0.29, 0.717) is 0 Å². The summed E-state index contributed by atoms with van der Waals surface area (Å²) in [6, 6.07) is 3.90. The molecule has 0 saturated heterocycles. The van der Waals surface area contributed by atoms with Gasteiger partial charge in [0.25, 0.3) is 0 Å². The number of nitrogens with one attached hydrogen (secondary N) is 1. The van der Waals surface area contributed by atoms with Crippen molar-refractivity contribution in [3.05, 3.63) is 22.2 Å². The lowest BCUT2D eigenvalue weighted by Gasteiger charge is -2.19. The number of hydrogen-bond donors (Lipinski definition) is 1. The molecule has 0 amide bonds. The molecule has 0 fully saturated rings. The van der Waals surface area contributed by atoms with E-state index in [4.69, 9.17) is 14.2 Å². The molecule has 0 heterocycles. The van der Waals surface area contributed by atoms with Gasteiger partial charge in [0, 0.05) is 30.3 Å². The molecule has 1 aromatic rings. The van der Waals surface area contributed by atoms with E-state index in [1.807, 2.05) is 26.0 Å². The molecule has 1 N–H and O–H groups in total. The Bertz CT molecular complexity index is 410. The first-order valence-corrected chi connectivity index (χ1v) is 7.61. The Morgan fingerprint density at radius 2 is 2.00 bits per heavy atom. The van der Waals surface area contributed by atoms with Gasteiger partial charge in [0.15, 0.2) is 11.5 Å². The Labute approximate surface area is 129 Å². The zero-order valence-corrected chi connectivity index (χ0v) is 14.2. The van der Waals surface area contributed by atoms with Crippen molar-refractivity contribution in [3.63, 3.8) is 0 Å². The lowest BCUT2D eigenvalue weighted by Crippen LogP contribution is -2.18. The molecule has 0 aliphatic rings. The van der Waals surface area contributed by atoms with Crippen LogP contribution in [0.1, 0.15) is 25.8 Å². The average molecular weight is 346 g/mol. The third-order valence-electron chi connectivity index (χ3n) is 2.74. The van der Waals surface area contributed by atoms with Crippen LogP contribution in [-0.4, -0.2) is 33.5 Å². The maximum absolute atomic E-state index is 5.91. The molecular weight excluding hydrogens is 322 g/mol. The molecular formula is C15H24BrNO3. The number of benzene rings is 1. The van der Waals surface area contributed by atoms with E-state index >= 15 is 0 Å². The number of methoxy groups -OCH3 is 2. The lowest BCUT2D eigenvalue weighted by molar-refractivity contribution is 0.194. The molecule has 0 aromatic heterocycles. The third kappa shape index (κ3) is 5.31. The van der Waals surface area contributed by atoms with Crippen LogP contribution in [0.3, 0.4) is 0 Å². The molecule has 0 saturated carbocycles. The molecule has 20 heavy (non-hydrogen) atoms. The van der Waals surface area contributed by atoms with Gasteiger partial charge in [-0.15, -0.1) is 0 Å². The van der Waals surface area contributed by atoms with Crippen LogP contribution in [0.25, 0.3) is 0 Å². The van der Waals surface area contributed by atoms with E-state index in [1.165, 1.54) is 0 Å². The van der Waals surface area contributed by atoms with E-state index in [2.05, 4.69) is 21.2 Å². The van der Waals surface area contributed by atoms with Gasteiger partial charge in [0.1, 0.15) is 0 Å². The predicted molar refractivity (Wildman–Crippen MR) is 84.7 cm³/mol. The first-order valence-electron chi connectivity index (χ1n) is 6.81. The van der Waals surface area contributed by atoms with Gasteiger partial charge in [-0.2, -0.15) is 0 Å². The smallest absolute Gasteiger partial charge is 0.167 e. The fourth-order valence-electron chi connectivity index (χ4n) is 1.83. The van der Waals surface area contributed by atoms with E-state index in [-0.39, 0.29) is 6.10 Å². The third-order valence-corrected chi connectivity index (χ3v) is 3.49. The van der Waals surface area contributed by atoms with Crippen LogP contribution in [0.5, 0.6) is 11.5 Å². The minimum absolute atomic E-state index is 0.102. The molecule has 0 atom stereocenters. The summed E-state index contributed by atoms with van der Waals surface area (Å²) in [5.41, 5.74) is 1.08. The normalized spacial score (nSPS) is 10.9. The summed E-state index contributed by atoms with van der Waals surface area (Å²) < 4.78 is 17.4. The Morgan fingerprint density at radius 1 is 1.25 bits per heavy atom. The van der Waals surface area contributed by atoms with Crippen molar-refractivity contribution in [1.82, 2.24) is 5.32 Å². The van der Waals surface area contributed by atoms with E-state index in [0.717, 1.165) is 47.7 Å². The van der Waals surface area contributed by atoms with Crippen molar-refractivity contribution in [1.29, 1.82) is 0 Å². The minimum atomic E-state index is 0.102. The molecule has 1 aromatic carbocycles. The first kappa shape index (κ1) is 17.3. The zero-order chi connectivity index (χ0) is 15.0. The summed E-state index contributed by atoms with van der Waals surface area (Å²) in [7, 11) is 3.37. The molecule has 0 bridgehead atoms. The largest absolute Gasteiger partial charge is 0.493 e. The Hall–Kier alpha value is -0.780. The highest BCUT2D eigenvalue weighted by Gasteiger charge is 2.15. The average Bonchev–Trinajstić information content (AvgIpc) is 2.41. The highest BCUT2D eigenvalue weighted by atomic mass is 79.9. The highest BCUT2D eigenvalue weighted by Crippen LogP contribution is 2.36. The maximum Gasteiger partial charge on any atom is 0.167 e. The van der Waals surface area contributed by atoms with Crippen molar-refractivity contribution < 1.29 is 14.2 Å².